The average Bonchev–Trinajstić information content (AvgIpc) is 3.64. The Morgan fingerprint density at radius 1 is 0.896 bits per heavy atom. The molecule has 13 nitrogen and oxygen atoms in total. The van der Waals surface area contributed by atoms with Crippen molar-refractivity contribution in [3.05, 3.63) is 0 Å². The molecule has 14 heteroatoms. The molecular weight excluding hydrogens is 636 g/mol. The predicted molar refractivity (Wildman–Crippen MR) is 184 cm³/mol. The summed E-state index contributed by atoms with van der Waals surface area (Å²) in [7, 11) is -3.73. The molecule has 3 rings (SSSR count). The van der Waals surface area contributed by atoms with E-state index in [1.165, 1.54) is 9.21 Å². The Morgan fingerprint density at radius 2 is 1.50 bits per heavy atom. The molecule has 2 saturated carbocycles. The SMILES string of the molecule is CCC[C@H](NC(=O)[C@@H]1CCCN1C(=O)[C@@H](NC(=O)NC1(CS(=O)(=O)N(C(C)C)C(C)C)CCCCC1)C(C)(C)C)C(=O)C(=O)NC1CC1. The van der Waals surface area contributed by atoms with Crippen molar-refractivity contribution < 1.29 is 32.4 Å². The summed E-state index contributed by atoms with van der Waals surface area (Å²) in [6, 6.07) is -3.99. The highest BCUT2D eigenvalue weighted by Gasteiger charge is 2.45. The van der Waals surface area contributed by atoms with Crippen LogP contribution in [-0.2, 0) is 29.2 Å². The Hall–Kier alpha value is -2.74. The van der Waals surface area contributed by atoms with Crippen LogP contribution in [-0.4, -0.2) is 101 Å². The number of amides is 5. The number of urea groups is 1. The van der Waals surface area contributed by atoms with Crippen LogP contribution in [0.4, 0.5) is 4.79 Å². The number of likely N-dealkylation sites (tertiary alicyclic amines) is 1. The Balaban J connectivity index is 1.76. The van der Waals surface area contributed by atoms with E-state index in [4.69, 9.17) is 0 Å². The molecule has 4 N–H and O–H groups in total. The molecule has 48 heavy (non-hydrogen) atoms. The zero-order valence-electron chi connectivity index (χ0n) is 30.3. The largest absolute Gasteiger partial charge is 0.347 e. The molecule has 1 heterocycles. The lowest BCUT2D eigenvalue weighted by Crippen LogP contribution is -2.63. The number of rotatable bonds is 15. The number of hydrogen-bond donors (Lipinski definition) is 4. The Labute approximate surface area is 287 Å². The first-order chi connectivity index (χ1) is 22.3. The molecule has 0 spiro atoms. The maximum Gasteiger partial charge on any atom is 0.315 e. The monoisotopic (exact) mass is 696 g/mol. The maximum absolute atomic E-state index is 14.1. The topological polar surface area (TPSA) is 174 Å². The van der Waals surface area contributed by atoms with Crippen molar-refractivity contribution in [3.8, 4) is 0 Å². The second-order valence-electron chi connectivity index (χ2n) is 15.7. The van der Waals surface area contributed by atoms with Crippen molar-refractivity contribution >= 4 is 39.6 Å². The quantitative estimate of drug-likeness (QED) is 0.191. The van der Waals surface area contributed by atoms with Crippen LogP contribution in [0.5, 0.6) is 0 Å². The molecule has 0 bridgehead atoms. The van der Waals surface area contributed by atoms with Gasteiger partial charge in [0, 0.05) is 24.7 Å². The molecule has 0 radical (unpaired) electrons. The van der Waals surface area contributed by atoms with Gasteiger partial charge in [0.2, 0.25) is 27.6 Å². The molecule has 5 amide bonds. The zero-order valence-corrected chi connectivity index (χ0v) is 31.1. The fourth-order valence-electron chi connectivity index (χ4n) is 7.19. The zero-order chi connectivity index (χ0) is 36.0. The van der Waals surface area contributed by atoms with Gasteiger partial charge in [-0.15, -0.1) is 0 Å². The van der Waals surface area contributed by atoms with E-state index >= 15 is 0 Å². The van der Waals surface area contributed by atoms with Gasteiger partial charge in [0.1, 0.15) is 12.1 Å². The smallest absolute Gasteiger partial charge is 0.315 e. The number of nitrogens with zero attached hydrogens (tertiary/aromatic N) is 2. The fourth-order valence-corrected chi connectivity index (χ4v) is 9.68. The summed E-state index contributed by atoms with van der Waals surface area (Å²) in [4.78, 5) is 68.2. The maximum atomic E-state index is 14.1. The number of sulfonamides is 1. The fraction of sp³-hybridized carbons (Fsp3) is 0.853. The van der Waals surface area contributed by atoms with E-state index in [1.807, 2.05) is 55.4 Å². The highest BCUT2D eigenvalue weighted by molar-refractivity contribution is 7.89. The van der Waals surface area contributed by atoms with Gasteiger partial charge >= 0.3 is 6.03 Å². The number of ketones is 1. The Morgan fingerprint density at radius 3 is 2.02 bits per heavy atom. The number of Topliss-reactive ketones (excluding diaryl/α,β-unsaturated/α-hetero) is 1. The van der Waals surface area contributed by atoms with E-state index in [0.29, 0.717) is 45.1 Å². The minimum Gasteiger partial charge on any atom is -0.347 e. The van der Waals surface area contributed by atoms with Crippen molar-refractivity contribution in [2.75, 3.05) is 12.3 Å². The minimum atomic E-state index is -3.73. The van der Waals surface area contributed by atoms with Gasteiger partial charge in [-0.1, -0.05) is 53.4 Å². The molecule has 2 aliphatic carbocycles. The van der Waals surface area contributed by atoms with Gasteiger partial charge in [-0.2, -0.15) is 4.31 Å². The van der Waals surface area contributed by atoms with Gasteiger partial charge in [0.25, 0.3) is 5.91 Å². The summed E-state index contributed by atoms with van der Waals surface area (Å²) >= 11 is 0. The molecular formula is C34H60N6O7S. The summed E-state index contributed by atoms with van der Waals surface area (Å²) in [5, 5.41) is 11.3. The first kappa shape index (κ1) is 39.7. The van der Waals surface area contributed by atoms with Gasteiger partial charge in [-0.25, -0.2) is 13.2 Å². The van der Waals surface area contributed by atoms with Gasteiger partial charge in [-0.3, -0.25) is 19.2 Å². The van der Waals surface area contributed by atoms with Gasteiger partial charge < -0.3 is 26.2 Å². The molecule has 0 aromatic rings. The lowest BCUT2D eigenvalue weighted by atomic mass is 9.83. The minimum absolute atomic E-state index is 0.00794. The normalized spacial score (nSPS) is 21.1. The van der Waals surface area contributed by atoms with Gasteiger partial charge in [0.15, 0.2) is 0 Å². The van der Waals surface area contributed by atoms with E-state index in [1.54, 1.807) is 0 Å². The summed E-state index contributed by atoms with van der Waals surface area (Å²) in [5.74, 6) is -2.57. The van der Waals surface area contributed by atoms with E-state index in [-0.39, 0.29) is 23.9 Å². The average molecular weight is 697 g/mol. The van der Waals surface area contributed by atoms with Gasteiger partial charge in [-0.05, 0) is 78.1 Å². The molecule has 3 fully saturated rings. The van der Waals surface area contributed by atoms with Crippen LogP contribution in [0, 0.1) is 5.41 Å². The summed E-state index contributed by atoms with van der Waals surface area (Å²) < 4.78 is 28.9. The first-order valence-electron chi connectivity index (χ1n) is 17.9. The Kier molecular flexibility index (Phi) is 13.5. The summed E-state index contributed by atoms with van der Waals surface area (Å²) in [5.41, 5.74) is -1.74. The summed E-state index contributed by atoms with van der Waals surface area (Å²) in [6.07, 6.45) is 6.96. The van der Waals surface area contributed by atoms with Crippen LogP contribution >= 0.6 is 0 Å². The van der Waals surface area contributed by atoms with Crippen LogP contribution in [0.2, 0.25) is 0 Å². The molecule has 0 unspecified atom stereocenters. The molecule has 274 valence electrons. The number of carbonyl (C=O) groups is 5. The molecule has 0 aromatic heterocycles. The van der Waals surface area contributed by atoms with Crippen LogP contribution < -0.4 is 21.3 Å². The number of nitrogens with one attached hydrogen (secondary N) is 4. The van der Waals surface area contributed by atoms with Crippen LogP contribution in [0.3, 0.4) is 0 Å². The molecule has 1 saturated heterocycles. The van der Waals surface area contributed by atoms with Crippen molar-refractivity contribution in [1.82, 2.24) is 30.5 Å². The molecule has 3 atom stereocenters. The number of hydrogen-bond acceptors (Lipinski definition) is 7. The third-order valence-electron chi connectivity index (χ3n) is 9.56. The number of carbonyl (C=O) groups excluding carboxylic acids is 5. The lowest BCUT2D eigenvalue weighted by molar-refractivity contribution is -0.143. The second-order valence-corrected chi connectivity index (χ2v) is 17.5. The van der Waals surface area contributed by atoms with Crippen LogP contribution in [0.1, 0.15) is 126 Å². The van der Waals surface area contributed by atoms with Crippen molar-refractivity contribution in [1.29, 1.82) is 0 Å². The van der Waals surface area contributed by atoms with Gasteiger partial charge in [0.05, 0.1) is 17.3 Å². The highest BCUT2D eigenvalue weighted by Crippen LogP contribution is 2.32. The Bertz CT molecular complexity index is 1280. The highest BCUT2D eigenvalue weighted by atomic mass is 32.2. The summed E-state index contributed by atoms with van der Waals surface area (Å²) in [6.45, 7) is 15.0. The standard InChI is InChI=1S/C34H60N6O7S/c1-9-14-25(27(41)30(43)35-24-16-17-24)36-29(42)26-15-13-20-39(26)31(44)28(33(6,7)8)37-32(45)38-34(18-11-10-12-19-34)21-48(46,47)40(22(2)3)23(4)5/h22-26,28H,9-21H2,1-8H3,(H,35,43)(H,36,42)(H2,37,38,45)/t25-,26-,28+/m0/s1. The van der Waals surface area contributed by atoms with Crippen LogP contribution in [0.25, 0.3) is 0 Å². The molecule has 3 aliphatic rings. The molecule has 1 aliphatic heterocycles. The lowest BCUT2D eigenvalue weighted by Gasteiger charge is -2.41. The van der Waals surface area contributed by atoms with Crippen molar-refractivity contribution in [3.63, 3.8) is 0 Å². The van der Waals surface area contributed by atoms with Crippen molar-refractivity contribution in [2.24, 2.45) is 5.41 Å². The third kappa shape index (κ3) is 10.4. The first-order valence-corrected chi connectivity index (χ1v) is 19.5. The second kappa shape index (κ2) is 16.3. The predicted octanol–water partition coefficient (Wildman–Crippen LogP) is 2.98. The van der Waals surface area contributed by atoms with E-state index in [2.05, 4.69) is 21.3 Å². The van der Waals surface area contributed by atoms with E-state index in [0.717, 1.165) is 32.1 Å². The van der Waals surface area contributed by atoms with E-state index < -0.39 is 68.6 Å². The van der Waals surface area contributed by atoms with Crippen molar-refractivity contribution in [2.45, 2.75) is 168 Å². The van der Waals surface area contributed by atoms with Crippen LogP contribution in [0.15, 0.2) is 0 Å². The third-order valence-corrected chi connectivity index (χ3v) is 12.0. The van der Waals surface area contributed by atoms with E-state index in [9.17, 15) is 32.4 Å². The molecule has 0 aromatic carbocycles.